The van der Waals surface area contributed by atoms with Gasteiger partial charge in [-0.15, -0.1) is 0 Å². The molecule has 0 N–H and O–H groups in total. The molecule has 4 nitrogen and oxygen atoms in total. The summed E-state index contributed by atoms with van der Waals surface area (Å²) in [6, 6.07) is 129. The lowest BCUT2D eigenvalue weighted by atomic mass is 9.33. The Morgan fingerprint density at radius 3 is 0.953 bits per heavy atom. The fourth-order valence-electron chi connectivity index (χ4n) is 17.2. The molecule has 5 heteroatoms. The van der Waals surface area contributed by atoms with E-state index in [9.17, 15) is 0 Å². The Morgan fingerprint density at radius 1 is 0.264 bits per heavy atom. The van der Waals surface area contributed by atoms with E-state index in [0.717, 1.165) is 101 Å². The van der Waals surface area contributed by atoms with Crippen LogP contribution in [0.15, 0.2) is 340 Å². The second kappa shape index (κ2) is 25.2. The number of anilines is 6. The normalized spacial score (nSPS) is 12.7. The van der Waals surface area contributed by atoms with Gasteiger partial charge in [0.25, 0.3) is 6.71 Å². The molecule has 508 valence electrons. The van der Waals surface area contributed by atoms with Gasteiger partial charge in [0.1, 0.15) is 0 Å². The summed E-state index contributed by atoms with van der Waals surface area (Å²) in [6.07, 6.45) is 0. The first-order valence-corrected chi connectivity index (χ1v) is 37.5. The molecule has 0 saturated carbocycles. The SMILES string of the molecule is CC(C)c1cc2c3c(c1)N(c1c(-c4cccc(-c5ccccc5)c4)cc(C(C)(C)C)cc1-c1cccc(-c4ccccc4)c1)c1cc4c5ccccc5n(-c5ccccc5)c4cc1B3c1cc3c(cc1N2c1c(-c2ccccc2)cc(C(C)(C)C)cc1-c1ccccc1)c1ccccc1n3-c1ccccc1. The van der Waals surface area contributed by atoms with Crippen molar-refractivity contribution >= 4 is 101 Å². The van der Waals surface area contributed by atoms with Crippen molar-refractivity contribution in [3.63, 3.8) is 0 Å². The van der Waals surface area contributed by atoms with Crippen LogP contribution in [-0.2, 0) is 10.8 Å². The highest BCUT2D eigenvalue weighted by Gasteiger charge is 2.47. The number of aromatic nitrogens is 2. The first kappa shape index (κ1) is 64.4. The van der Waals surface area contributed by atoms with Crippen LogP contribution < -0.4 is 26.2 Å². The summed E-state index contributed by atoms with van der Waals surface area (Å²) in [5.41, 5.74) is 34.7. The van der Waals surface area contributed by atoms with E-state index in [1.54, 1.807) is 0 Å². The highest BCUT2D eigenvalue weighted by Crippen LogP contribution is 2.56. The van der Waals surface area contributed by atoms with Gasteiger partial charge < -0.3 is 18.9 Å². The molecule has 0 amide bonds. The minimum Gasteiger partial charge on any atom is -0.310 e. The van der Waals surface area contributed by atoms with Gasteiger partial charge in [-0.05, 0) is 204 Å². The highest BCUT2D eigenvalue weighted by molar-refractivity contribution is 7.00. The summed E-state index contributed by atoms with van der Waals surface area (Å²) < 4.78 is 5.04. The molecule has 0 radical (unpaired) electrons. The standard InChI is InChI=1S/C101H81BN4/c1-65(2)74-55-95-97-96(56-74)106(99-83(72-43-31-41-70(53-72)66-33-15-9-16-34-66)59-76(101(6,7)8)60-84(99)73-44-32-42-71(54-73)67-35-17-10-18-36-67)94-62-86-80-50-28-30-52-90(80)104(78-47-25-14-26-48-78)92(86)64-88(94)102(97)87-63-91-85(79-49-27-29-51-89(79)103(91)77-45-23-13-24-46-77)61-93(87)105(95)98-81(68-37-19-11-20-38-68)57-75(100(3,4)5)58-82(98)69-39-21-12-22-40-69/h9-65H,1-8H3. The van der Waals surface area contributed by atoms with Crippen LogP contribution >= 0.6 is 0 Å². The van der Waals surface area contributed by atoms with Crippen molar-refractivity contribution in [2.24, 2.45) is 0 Å². The van der Waals surface area contributed by atoms with Crippen molar-refractivity contribution in [2.75, 3.05) is 9.80 Å². The highest BCUT2D eigenvalue weighted by atomic mass is 15.2. The molecule has 0 bridgehead atoms. The first-order valence-electron chi connectivity index (χ1n) is 37.5. The van der Waals surface area contributed by atoms with Crippen molar-refractivity contribution in [1.29, 1.82) is 0 Å². The Morgan fingerprint density at radius 2 is 0.585 bits per heavy atom. The molecule has 4 heterocycles. The fourth-order valence-corrected chi connectivity index (χ4v) is 17.2. The second-order valence-electron chi connectivity index (χ2n) is 31.4. The number of hydrogen-bond acceptors (Lipinski definition) is 2. The van der Waals surface area contributed by atoms with E-state index in [-0.39, 0.29) is 23.5 Å². The smallest absolute Gasteiger partial charge is 0.252 e. The molecule has 0 aliphatic carbocycles. The Bertz CT molecular complexity index is 6130. The maximum atomic E-state index is 2.77. The van der Waals surface area contributed by atoms with Crippen molar-refractivity contribution in [2.45, 2.75) is 72.1 Å². The minimum atomic E-state index is -0.306. The molecule has 0 spiro atoms. The Kier molecular flexibility index (Phi) is 15.3. The van der Waals surface area contributed by atoms with E-state index in [1.165, 1.54) is 88.0 Å². The Hall–Kier alpha value is -12.4. The average Bonchev–Trinajstić information content (AvgIpc) is 1.10. The van der Waals surface area contributed by atoms with E-state index < -0.39 is 0 Å². The first-order chi connectivity index (χ1) is 51.7. The van der Waals surface area contributed by atoms with Crippen LogP contribution in [0.25, 0.3) is 122 Å². The number of fused-ring (bicyclic) bond motifs is 10. The molecule has 15 aromatic carbocycles. The molecule has 17 aromatic rings. The van der Waals surface area contributed by atoms with Crippen LogP contribution in [0.5, 0.6) is 0 Å². The van der Waals surface area contributed by atoms with Gasteiger partial charge in [-0.25, -0.2) is 0 Å². The molecular weight excluding hydrogens is 1280 g/mol. The molecule has 2 aliphatic rings. The van der Waals surface area contributed by atoms with E-state index in [1.807, 2.05) is 0 Å². The summed E-state index contributed by atoms with van der Waals surface area (Å²) in [4.78, 5) is 5.52. The quantitative estimate of drug-likeness (QED) is 0.120. The average molecular weight is 1360 g/mol. The zero-order chi connectivity index (χ0) is 71.7. The molecule has 19 rings (SSSR count). The topological polar surface area (TPSA) is 16.3 Å². The minimum absolute atomic E-state index is 0.113. The maximum Gasteiger partial charge on any atom is 0.252 e. The van der Waals surface area contributed by atoms with Crippen LogP contribution in [0.2, 0.25) is 0 Å². The summed E-state index contributed by atoms with van der Waals surface area (Å²) in [5, 5.41) is 4.79. The molecule has 0 unspecified atom stereocenters. The van der Waals surface area contributed by atoms with E-state index in [0.29, 0.717) is 0 Å². The summed E-state index contributed by atoms with van der Waals surface area (Å²) in [5.74, 6) is 0.113. The largest absolute Gasteiger partial charge is 0.310 e. The van der Waals surface area contributed by atoms with Gasteiger partial charge in [0.15, 0.2) is 0 Å². The lowest BCUT2D eigenvalue weighted by Crippen LogP contribution is -2.61. The van der Waals surface area contributed by atoms with Gasteiger partial charge in [0.05, 0.1) is 33.4 Å². The lowest BCUT2D eigenvalue weighted by molar-refractivity contribution is 0.590. The van der Waals surface area contributed by atoms with Crippen LogP contribution in [-0.4, -0.2) is 15.8 Å². The Labute approximate surface area is 622 Å². The monoisotopic (exact) mass is 1360 g/mol. The molecular formula is C101H81BN4. The van der Waals surface area contributed by atoms with Crippen LogP contribution in [0.1, 0.15) is 78.0 Å². The second-order valence-corrected chi connectivity index (χ2v) is 31.4. The zero-order valence-corrected chi connectivity index (χ0v) is 61.3. The summed E-state index contributed by atoms with van der Waals surface area (Å²) in [6.45, 7) is 18.7. The maximum absolute atomic E-state index is 2.77. The van der Waals surface area contributed by atoms with Gasteiger partial charge in [0.2, 0.25) is 0 Å². The summed E-state index contributed by atoms with van der Waals surface area (Å²) >= 11 is 0. The van der Waals surface area contributed by atoms with Crippen LogP contribution in [0.4, 0.5) is 34.1 Å². The van der Waals surface area contributed by atoms with Crippen molar-refractivity contribution in [1.82, 2.24) is 9.13 Å². The molecule has 2 aliphatic heterocycles. The predicted molar refractivity (Wildman–Crippen MR) is 453 cm³/mol. The van der Waals surface area contributed by atoms with Gasteiger partial charge in [-0.3, -0.25) is 0 Å². The molecule has 0 saturated heterocycles. The molecule has 106 heavy (non-hydrogen) atoms. The fraction of sp³-hybridized carbons (Fsp3) is 0.109. The molecule has 0 atom stereocenters. The van der Waals surface area contributed by atoms with Crippen LogP contribution in [0.3, 0.4) is 0 Å². The van der Waals surface area contributed by atoms with Gasteiger partial charge in [0, 0.05) is 77.9 Å². The lowest BCUT2D eigenvalue weighted by Gasteiger charge is -2.46. The number of rotatable bonds is 11. The predicted octanol–water partition coefficient (Wildman–Crippen LogP) is 25.7. The molecule has 0 fully saturated rings. The van der Waals surface area contributed by atoms with Gasteiger partial charge in [-0.2, -0.15) is 0 Å². The number of para-hydroxylation sites is 4. The number of hydrogen-bond donors (Lipinski definition) is 0. The Balaban J connectivity index is 1.04. The van der Waals surface area contributed by atoms with Crippen molar-refractivity contribution in [3.8, 4) is 78.1 Å². The van der Waals surface area contributed by atoms with Gasteiger partial charge >= 0.3 is 0 Å². The van der Waals surface area contributed by atoms with Crippen molar-refractivity contribution < 1.29 is 0 Å². The van der Waals surface area contributed by atoms with E-state index >= 15 is 0 Å². The third-order valence-electron chi connectivity index (χ3n) is 22.5. The third-order valence-corrected chi connectivity index (χ3v) is 22.5. The van der Waals surface area contributed by atoms with E-state index in [2.05, 4.69) is 414 Å². The van der Waals surface area contributed by atoms with Crippen molar-refractivity contribution in [3.05, 3.63) is 356 Å². The van der Waals surface area contributed by atoms with Gasteiger partial charge in [-0.1, -0.05) is 286 Å². The number of nitrogens with zero attached hydrogens (tertiary/aromatic N) is 4. The van der Waals surface area contributed by atoms with Crippen LogP contribution in [0, 0.1) is 0 Å². The van der Waals surface area contributed by atoms with E-state index in [4.69, 9.17) is 0 Å². The molecule has 2 aromatic heterocycles. The number of benzene rings is 15. The third kappa shape index (κ3) is 10.6. The summed E-state index contributed by atoms with van der Waals surface area (Å²) in [7, 11) is 0. The zero-order valence-electron chi connectivity index (χ0n) is 61.3.